The lowest BCUT2D eigenvalue weighted by molar-refractivity contribution is -0.0600. The predicted molar refractivity (Wildman–Crippen MR) is 54.8 cm³/mol. The van der Waals surface area contributed by atoms with Gasteiger partial charge in [0.05, 0.1) is 12.1 Å². The molecule has 4 atom stereocenters. The van der Waals surface area contributed by atoms with Crippen LogP contribution in [0.1, 0.15) is 13.3 Å². The highest BCUT2D eigenvalue weighted by Gasteiger charge is 2.47. The molecule has 74 valence electrons. The van der Waals surface area contributed by atoms with Gasteiger partial charge >= 0.3 is 6.09 Å². The van der Waals surface area contributed by atoms with Gasteiger partial charge in [0.2, 0.25) is 0 Å². The molecule has 0 aromatic rings. The number of likely N-dealkylation sites (N-methyl/N-ethyl adjacent to an activating group) is 1. The largest absolute Gasteiger partial charge is 0.440 e. The summed E-state index contributed by atoms with van der Waals surface area (Å²) in [5.74, 6) is 0. The van der Waals surface area contributed by atoms with Crippen molar-refractivity contribution in [3.05, 3.63) is 0 Å². The van der Waals surface area contributed by atoms with Gasteiger partial charge in [0, 0.05) is 7.05 Å². The molecule has 2 fully saturated rings. The summed E-state index contributed by atoms with van der Waals surface area (Å²) in [7, 11) is 1.79. The molecule has 13 heavy (non-hydrogen) atoms. The second-order valence-corrected chi connectivity index (χ2v) is 4.79. The average Bonchev–Trinajstić information content (AvgIpc) is 2.32. The molecule has 4 nitrogen and oxygen atoms in total. The number of hydrogen-bond donors (Lipinski definition) is 0. The van der Waals surface area contributed by atoms with E-state index in [1.807, 2.05) is 6.92 Å². The third kappa shape index (κ3) is 1.52. The zero-order valence-corrected chi connectivity index (χ0v) is 9.72. The van der Waals surface area contributed by atoms with E-state index < -0.39 is 0 Å². The van der Waals surface area contributed by atoms with E-state index >= 15 is 0 Å². The van der Waals surface area contributed by atoms with E-state index in [-0.39, 0.29) is 28.5 Å². The molecule has 2 aliphatic rings. The Balaban J connectivity index is 2.17. The third-order valence-electron chi connectivity index (χ3n) is 2.60. The molecule has 0 aromatic carbocycles. The topological polar surface area (TPSA) is 38.8 Å². The van der Waals surface area contributed by atoms with Gasteiger partial charge in [0.25, 0.3) is 0 Å². The highest BCUT2D eigenvalue weighted by atomic mass is 127. The van der Waals surface area contributed by atoms with Crippen molar-refractivity contribution in [1.29, 1.82) is 0 Å². The molecule has 0 bridgehead atoms. The van der Waals surface area contributed by atoms with Gasteiger partial charge in [-0.1, -0.05) is 0 Å². The van der Waals surface area contributed by atoms with Crippen LogP contribution in [0.5, 0.6) is 0 Å². The number of alkyl halides is 1. The van der Waals surface area contributed by atoms with Crippen LogP contribution in [0.15, 0.2) is 0 Å². The average molecular weight is 297 g/mol. The maximum Gasteiger partial charge on any atom is 0.410 e. The maximum absolute atomic E-state index is 11.2. The molecule has 5 heteroatoms. The van der Waals surface area contributed by atoms with E-state index in [2.05, 4.69) is 22.6 Å². The molecule has 2 rings (SSSR count). The quantitative estimate of drug-likeness (QED) is 0.501. The smallest absolute Gasteiger partial charge is 0.410 e. The minimum Gasteiger partial charge on any atom is -0.440 e. The van der Waals surface area contributed by atoms with E-state index in [9.17, 15) is 4.79 Å². The second kappa shape index (κ2) is 3.27. The number of ether oxygens (including phenoxy) is 2. The summed E-state index contributed by atoms with van der Waals surface area (Å²) in [5, 5.41) is 0. The lowest BCUT2D eigenvalue weighted by Crippen LogP contribution is -2.46. The number of halogens is 1. The Morgan fingerprint density at radius 3 is 3.00 bits per heavy atom. The van der Waals surface area contributed by atoms with Gasteiger partial charge in [-0.25, -0.2) is 4.79 Å². The summed E-state index contributed by atoms with van der Waals surface area (Å²) >= 11 is 2.18. The first-order valence-electron chi connectivity index (χ1n) is 4.32. The maximum atomic E-state index is 11.2. The number of rotatable bonds is 0. The Kier molecular flexibility index (Phi) is 2.39. The Morgan fingerprint density at radius 2 is 2.31 bits per heavy atom. The number of carbonyl (C=O) groups excluding carboxylic acids is 1. The summed E-state index contributed by atoms with van der Waals surface area (Å²) in [6.07, 6.45) is 0.760. The third-order valence-corrected chi connectivity index (χ3v) is 3.60. The number of fused-ring (bicyclic) bond motifs is 1. The number of carbonyl (C=O) groups is 1. The van der Waals surface area contributed by atoms with Crippen molar-refractivity contribution in [2.45, 2.75) is 35.7 Å². The first-order valence-corrected chi connectivity index (χ1v) is 5.57. The fraction of sp³-hybridized carbons (Fsp3) is 0.875. The van der Waals surface area contributed by atoms with Crippen molar-refractivity contribution in [3.8, 4) is 0 Å². The van der Waals surface area contributed by atoms with Crippen LogP contribution in [0.2, 0.25) is 0 Å². The summed E-state index contributed by atoms with van der Waals surface area (Å²) in [6, 6.07) is 0.193. The van der Waals surface area contributed by atoms with Crippen molar-refractivity contribution in [2.75, 3.05) is 7.05 Å². The van der Waals surface area contributed by atoms with E-state index in [1.165, 1.54) is 0 Å². The van der Waals surface area contributed by atoms with Crippen molar-refractivity contribution in [3.63, 3.8) is 0 Å². The van der Waals surface area contributed by atoms with Crippen LogP contribution in [-0.4, -0.2) is 40.4 Å². The van der Waals surface area contributed by atoms with E-state index in [4.69, 9.17) is 9.47 Å². The van der Waals surface area contributed by atoms with Crippen molar-refractivity contribution >= 4 is 28.7 Å². The Hall–Kier alpha value is -0.0400. The Bertz CT molecular complexity index is 235. The van der Waals surface area contributed by atoms with Crippen LogP contribution in [0, 0.1) is 0 Å². The fourth-order valence-electron chi connectivity index (χ4n) is 1.85. The summed E-state index contributed by atoms with van der Waals surface area (Å²) < 4.78 is 10.8. The van der Waals surface area contributed by atoms with Crippen LogP contribution in [-0.2, 0) is 9.47 Å². The van der Waals surface area contributed by atoms with Crippen LogP contribution >= 0.6 is 22.6 Å². The van der Waals surface area contributed by atoms with Crippen molar-refractivity contribution in [2.24, 2.45) is 0 Å². The Labute approximate surface area is 90.7 Å². The van der Waals surface area contributed by atoms with E-state index in [0.717, 1.165) is 6.42 Å². The Morgan fingerprint density at radius 1 is 1.62 bits per heavy atom. The molecule has 2 saturated heterocycles. The SMILES string of the molecule is C[C@@H]1CC2[C@@H](OC(=O)N2C)[C@H](I)O1. The van der Waals surface area contributed by atoms with E-state index in [0.29, 0.717) is 0 Å². The first-order chi connectivity index (χ1) is 6.09. The van der Waals surface area contributed by atoms with Crippen LogP contribution in [0.25, 0.3) is 0 Å². The summed E-state index contributed by atoms with van der Waals surface area (Å²) in [4.78, 5) is 12.9. The van der Waals surface area contributed by atoms with Gasteiger partial charge < -0.3 is 14.4 Å². The highest BCUT2D eigenvalue weighted by Crippen LogP contribution is 2.33. The molecular formula is C8H12INO3. The number of nitrogens with zero attached hydrogens (tertiary/aromatic N) is 1. The van der Waals surface area contributed by atoms with Crippen molar-refractivity contribution in [1.82, 2.24) is 4.90 Å². The van der Waals surface area contributed by atoms with Crippen LogP contribution < -0.4 is 0 Å². The highest BCUT2D eigenvalue weighted by molar-refractivity contribution is 14.1. The number of amides is 1. The van der Waals surface area contributed by atoms with Gasteiger partial charge in [-0.2, -0.15) is 0 Å². The van der Waals surface area contributed by atoms with Crippen molar-refractivity contribution < 1.29 is 14.3 Å². The van der Waals surface area contributed by atoms with Gasteiger partial charge in [-0.05, 0) is 35.9 Å². The van der Waals surface area contributed by atoms with Gasteiger partial charge in [-0.15, -0.1) is 0 Å². The fourth-order valence-corrected chi connectivity index (χ4v) is 2.98. The normalized spacial score (nSPS) is 44.5. The number of hydrogen-bond acceptors (Lipinski definition) is 3. The molecule has 0 aromatic heterocycles. The lowest BCUT2D eigenvalue weighted by Gasteiger charge is -2.33. The predicted octanol–water partition coefficient (Wildman–Crippen LogP) is 1.38. The summed E-state index contributed by atoms with van der Waals surface area (Å²) in [6.45, 7) is 2.03. The molecule has 1 unspecified atom stereocenters. The minimum atomic E-state index is -0.227. The van der Waals surface area contributed by atoms with E-state index in [1.54, 1.807) is 11.9 Å². The molecule has 0 saturated carbocycles. The molecule has 2 heterocycles. The van der Waals surface area contributed by atoms with Gasteiger partial charge in [-0.3, -0.25) is 0 Å². The summed E-state index contributed by atoms with van der Waals surface area (Å²) in [5.41, 5.74) is 0. The molecule has 2 aliphatic heterocycles. The van der Waals surface area contributed by atoms with Gasteiger partial charge in [0.1, 0.15) is 4.11 Å². The zero-order valence-electron chi connectivity index (χ0n) is 7.57. The van der Waals surface area contributed by atoms with Crippen LogP contribution in [0.3, 0.4) is 0 Å². The second-order valence-electron chi connectivity index (χ2n) is 3.56. The molecular weight excluding hydrogens is 285 g/mol. The lowest BCUT2D eigenvalue weighted by atomic mass is 10.0. The molecule has 0 spiro atoms. The molecule has 0 N–H and O–H groups in total. The minimum absolute atomic E-state index is 0.0137. The zero-order chi connectivity index (χ0) is 9.59. The standard InChI is InChI=1S/C8H12INO3/c1-4-3-5-6(7(9)12-4)13-8(11)10(5)2/h4-7H,3H2,1-2H3/t4-,5?,6-,7-/m1/s1. The molecule has 0 radical (unpaired) electrons. The molecule has 1 amide bonds. The van der Waals surface area contributed by atoms with Crippen LogP contribution in [0.4, 0.5) is 4.79 Å². The monoisotopic (exact) mass is 297 g/mol. The van der Waals surface area contributed by atoms with Gasteiger partial charge in [0.15, 0.2) is 6.10 Å². The molecule has 0 aliphatic carbocycles. The first kappa shape index (κ1) is 9.51.